The van der Waals surface area contributed by atoms with Gasteiger partial charge in [-0.3, -0.25) is 4.79 Å². The van der Waals surface area contributed by atoms with Crippen LogP contribution in [-0.4, -0.2) is 17.9 Å². The second kappa shape index (κ2) is 3.37. The van der Waals surface area contributed by atoms with Crippen molar-refractivity contribution >= 4 is 21.9 Å². The summed E-state index contributed by atoms with van der Waals surface area (Å²) in [7, 11) is 0. The number of rotatable bonds is 3. The van der Waals surface area contributed by atoms with Crippen LogP contribution in [0.2, 0.25) is 0 Å². The van der Waals surface area contributed by atoms with Crippen LogP contribution in [-0.2, 0) is 9.53 Å². The highest BCUT2D eigenvalue weighted by Crippen LogP contribution is 2.39. The Morgan fingerprint density at radius 1 is 1.70 bits per heavy atom. The fourth-order valence-electron chi connectivity index (χ4n) is 0.928. The van der Waals surface area contributed by atoms with Gasteiger partial charge in [-0.25, -0.2) is 0 Å². The third kappa shape index (κ3) is 2.29. The van der Waals surface area contributed by atoms with Crippen LogP contribution in [0.5, 0.6) is 0 Å². The van der Waals surface area contributed by atoms with Gasteiger partial charge in [0, 0.05) is 12.3 Å². The summed E-state index contributed by atoms with van der Waals surface area (Å²) in [5, 5.41) is 1.04. The van der Waals surface area contributed by atoms with E-state index < -0.39 is 0 Å². The van der Waals surface area contributed by atoms with Crippen molar-refractivity contribution < 1.29 is 9.53 Å². The molecular formula is C7H11BrO2. The second-order valence-electron chi connectivity index (χ2n) is 2.71. The summed E-state index contributed by atoms with van der Waals surface area (Å²) in [5.41, 5.74) is 0. The maximum atomic E-state index is 10.3. The van der Waals surface area contributed by atoms with E-state index >= 15 is 0 Å². The van der Waals surface area contributed by atoms with Gasteiger partial charge >= 0.3 is 5.97 Å². The van der Waals surface area contributed by atoms with E-state index in [1.165, 1.54) is 13.3 Å². The lowest BCUT2D eigenvalue weighted by molar-refractivity contribution is -0.141. The average molecular weight is 207 g/mol. The Morgan fingerprint density at radius 3 is 2.80 bits per heavy atom. The zero-order valence-corrected chi connectivity index (χ0v) is 7.56. The molecule has 0 aromatic heterocycles. The number of halogens is 1. The van der Waals surface area contributed by atoms with Crippen LogP contribution in [0.25, 0.3) is 0 Å². The monoisotopic (exact) mass is 206 g/mol. The number of carbonyl (C=O) groups is 1. The molecule has 1 rings (SSSR count). The molecule has 1 aliphatic rings. The third-order valence-electron chi connectivity index (χ3n) is 1.77. The average Bonchev–Trinajstić information content (AvgIpc) is 2.61. The molecule has 0 unspecified atom stereocenters. The number of carbonyl (C=O) groups excluding carboxylic acids is 1. The minimum atomic E-state index is -0.166. The first kappa shape index (κ1) is 8.05. The van der Waals surface area contributed by atoms with E-state index in [4.69, 9.17) is 4.74 Å². The number of hydrogen-bond donors (Lipinski definition) is 0. The van der Waals surface area contributed by atoms with Gasteiger partial charge in [0.2, 0.25) is 0 Å². The van der Waals surface area contributed by atoms with Crippen molar-refractivity contribution in [3.05, 3.63) is 0 Å². The lowest BCUT2D eigenvalue weighted by atomic mass is 10.4. The van der Waals surface area contributed by atoms with Crippen LogP contribution in [0.3, 0.4) is 0 Å². The van der Waals surface area contributed by atoms with E-state index in [-0.39, 0.29) is 5.97 Å². The van der Waals surface area contributed by atoms with Crippen molar-refractivity contribution in [1.82, 2.24) is 0 Å². The van der Waals surface area contributed by atoms with Gasteiger partial charge in [0.1, 0.15) is 0 Å². The molecule has 0 N–H and O–H groups in total. The number of alkyl halides is 1. The number of esters is 1. The molecule has 2 atom stereocenters. The fraction of sp³-hybridized carbons (Fsp3) is 0.857. The number of ether oxygens (including phenoxy) is 1. The molecule has 0 saturated heterocycles. The Morgan fingerprint density at radius 2 is 2.40 bits per heavy atom. The van der Waals surface area contributed by atoms with Crippen molar-refractivity contribution in [1.29, 1.82) is 0 Å². The van der Waals surface area contributed by atoms with Crippen LogP contribution in [0.4, 0.5) is 0 Å². The summed E-state index contributed by atoms with van der Waals surface area (Å²) in [6, 6.07) is 0. The first-order valence-corrected chi connectivity index (χ1v) is 4.55. The maximum Gasteiger partial charge on any atom is 0.302 e. The molecule has 0 amide bonds. The maximum absolute atomic E-state index is 10.3. The minimum absolute atomic E-state index is 0.166. The summed E-state index contributed by atoms with van der Waals surface area (Å²) < 4.78 is 4.84. The SMILES string of the molecule is CC(=O)OC[C@@H]1C[C@H]1CBr. The molecule has 0 aromatic rings. The van der Waals surface area contributed by atoms with Gasteiger partial charge in [-0.05, 0) is 18.3 Å². The Balaban J connectivity index is 2.01. The van der Waals surface area contributed by atoms with Gasteiger partial charge in [0.05, 0.1) is 6.61 Å². The molecule has 0 radical (unpaired) electrons. The largest absolute Gasteiger partial charge is 0.466 e. The Labute approximate surface area is 69.1 Å². The van der Waals surface area contributed by atoms with Gasteiger partial charge in [-0.15, -0.1) is 0 Å². The summed E-state index contributed by atoms with van der Waals surface area (Å²) in [4.78, 5) is 10.3. The van der Waals surface area contributed by atoms with Crippen LogP contribution < -0.4 is 0 Å². The van der Waals surface area contributed by atoms with Gasteiger partial charge in [0.15, 0.2) is 0 Å². The van der Waals surface area contributed by atoms with Gasteiger partial charge < -0.3 is 4.74 Å². The lowest BCUT2D eigenvalue weighted by Crippen LogP contribution is -2.03. The third-order valence-corrected chi connectivity index (χ3v) is 2.60. The quantitative estimate of drug-likeness (QED) is 0.518. The molecule has 0 aromatic carbocycles. The molecular weight excluding hydrogens is 196 g/mol. The van der Waals surface area contributed by atoms with Crippen molar-refractivity contribution in [2.75, 3.05) is 11.9 Å². The van der Waals surface area contributed by atoms with E-state index in [2.05, 4.69) is 15.9 Å². The topological polar surface area (TPSA) is 26.3 Å². The molecule has 1 fully saturated rings. The van der Waals surface area contributed by atoms with Crippen molar-refractivity contribution in [3.8, 4) is 0 Å². The highest BCUT2D eigenvalue weighted by Gasteiger charge is 2.36. The summed E-state index contributed by atoms with van der Waals surface area (Å²) in [6.07, 6.45) is 1.21. The van der Waals surface area contributed by atoms with Gasteiger partial charge in [-0.2, -0.15) is 0 Å². The van der Waals surface area contributed by atoms with Crippen LogP contribution in [0, 0.1) is 11.8 Å². The molecule has 2 nitrogen and oxygen atoms in total. The van der Waals surface area contributed by atoms with Crippen molar-refractivity contribution in [2.45, 2.75) is 13.3 Å². The van der Waals surface area contributed by atoms with Gasteiger partial charge in [-0.1, -0.05) is 15.9 Å². The predicted molar refractivity (Wildman–Crippen MR) is 42.0 cm³/mol. The summed E-state index contributed by atoms with van der Waals surface area (Å²) in [6.45, 7) is 2.07. The van der Waals surface area contributed by atoms with Crippen molar-refractivity contribution in [2.24, 2.45) is 11.8 Å². The first-order chi connectivity index (χ1) is 4.74. The standard InChI is InChI=1S/C7H11BrO2/c1-5(9)10-4-7-2-6(7)3-8/h6-7H,2-4H2,1H3/t6-,7-/m0/s1. The smallest absolute Gasteiger partial charge is 0.302 e. The Hall–Kier alpha value is -0.0500. The highest BCUT2D eigenvalue weighted by atomic mass is 79.9. The molecule has 0 aliphatic heterocycles. The van der Waals surface area contributed by atoms with E-state index in [0.717, 1.165) is 11.2 Å². The lowest BCUT2D eigenvalue weighted by Gasteiger charge is -1.97. The van der Waals surface area contributed by atoms with E-state index in [9.17, 15) is 4.79 Å². The molecule has 0 bridgehead atoms. The molecule has 1 saturated carbocycles. The highest BCUT2D eigenvalue weighted by molar-refractivity contribution is 9.09. The molecule has 3 heteroatoms. The summed E-state index contributed by atoms with van der Waals surface area (Å²) in [5.74, 6) is 1.21. The minimum Gasteiger partial charge on any atom is -0.466 e. The predicted octanol–water partition coefficient (Wildman–Crippen LogP) is 1.58. The summed E-state index contributed by atoms with van der Waals surface area (Å²) >= 11 is 3.38. The van der Waals surface area contributed by atoms with Crippen LogP contribution >= 0.6 is 15.9 Å². The van der Waals surface area contributed by atoms with Crippen LogP contribution in [0.1, 0.15) is 13.3 Å². The molecule has 58 valence electrons. The van der Waals surface area contributed by atoms with E-state index in [1.54, 1.807) is 0 Å². The van der Waals surface area contributed by atoms with Gasteiger partial charge in [0.25, 0.3) is 0 Å². The van der Waals surface area contributed by atoms with E-state index in [0.29, 0.717) is 12.5 Å². The molecule has 0 spiro atoms. The first-order valence-electron chi connectivity index (χ1n) is 3.43. The Bertz CT molecular complexity index is 136. The zero-order chi connectivity index (χ0) is 7.56. The molecule has 1 aliphatic carbocycles. The Kier molecular flexibility index (Phi) is 2.72. The normalized spacial score (nSPS) is 29.8. The number of hydrogen-bond acceptors (Lipinski definition) is 2. The second-order valence-corrected chi connectivity index (χ2v) is 3.36. The zero-order valence-electron chi connectivity index (χ0n) is 5.97. The van der Waals surface area contributed by atoms with Crippen LogP contribution in [0.15, 0.2) is 0 Å². The fourth-order valence-corrected chi connectivity index (χ4v) is 1.72. The molecule has 0 heterocycles. The van der Waals surface area contributed by atoms with Crippen molar-refractivity contribution in [3.63, 3.8) is 0 Å². The molecule has 10 heavy (non-hydrogen) atoms. The van der Waals surface area contributed by atoms with E-state index in [1.807, 2.05) is 0 Å².